The number of nitrogens with one attached hydrogen (secondary N) is 2. The van der Waals surface area contributed by atoms with Gasteiger partial charge in [-0.05, 0) is 79.0 Å². The van der Waals surface area contributed by atoms with Gasteiger partial charge in [0, 0.05) is 42.5 Å². The molecule has 32 heavy (non-hydrogen) atoms. The van der Waals surface area contributed by atoms with Crippen LogP contribution in [-0.4, -0.2) is 39.8 Å². The van der Waals surface area contributed by atoms with Crippen LogP contribution in [0.15, 0.2) is 54.6 Å². The summed E-state index contributed by atoms with van der Waals surface area (Å²) >= 11 is 5.16. The normalized spacial score (nSPS) is 14.2. The minimum atomic E-state index is -0.485. The molecule has 2 amide bonds. The molecule has 0 aliphatic carbocycles. The number of nitrogens with zero attached hydrogens (tertiary/aromatic N) is 2. The molecular weight excluding hydrogens is 428 g/mol. The molecule has 1 fully saturated rings. The lowest BCUT2D eigenvalue weighted by molar-refractivity contribution is -0.384. The van der Waals surface area contributed by atoms with E-state index in [1.807, 2.05) is 4.90 Å². The van der Waals surface area contributed by atoms with Gasteiger partial charge in [-0.1, -0.05) is 6.92 Å². The second kappa shape index (κ2) is 10.6. The van der Waals surface area contributed by atoms with Gasteiger partial charge in [-0.25, -0.2) is 0 Å². The van der Waals surface area contributed by atoms with E-state index in [0.717, 1.165) is 25.9 Å². The van der Waals surface area contributed by atoms with Gasteiger partial charge in [0.1, 0.15) is 0 Å². The smallest absolute Gasteiger partial charge is 0.269 e. The van der Waals surface area contributed by atoms with Crippen molar-refractivity contribution in [2.75, 3.05) is 18.4 Å². The van der Waals surface area contributed by atoms with Crippen LogP contribution in [0.1, 0.15) is 35.7 Å². The molecule has 0 atom stereocenters. The van der Waals surface area contributed by atoms with E-state index in [0.29, 0.717) is 22.7 Å². The summed E-state index contributed by atoms with van der Waals surface area (Å²) in [5.74, 6) is 0.244. The van der Waals surface area contributed by atoms with Crippen LogP contribution in [0.25, 0.3) is 6.08 Å². The minimum absolute atomic E-state index is 0.0183. The van der Waals surface area contributed by atoms with Crippen molar-refractivity contribution in [3.63, 3.8) is 0 Å². The summed E-state index contributed by atoms with van der Waals surface area (Å²) in [6.45, 7) is 3.77. The highest BCUT2D eigenvalue weighted by Crippen LogP contribution is 2.19. The molecule has 0 spiro atoms. The van der Waals surface area contributed by atoms with E-state index in [1.165, 1.54) is 24.3 Å². The van der Waals surface area contributed by atoms with E-state index in [2.05, 4.69) is 17.6 Å². The predicted octanol–water partition coefficient (Wildman–Crippen LogP) is 3.99. The highest BCUT2D eigenvalue weighted by Gasteiger charge is 2.21. The fraction of sp³-hybridized carbons (Fsp3) is 0.261. The van der Waals surface area contributed by atoms with Gasteiger partial charge in [-0.3, -0.25) is 25.0 Å². The molecule has 2 N–H and O–H groups in total. The van der Waals surface area contributed by atoms with Crippen molar-refractivity contribution in [2.24, 2.45) is 5.92 Å². The molecule has 166 valence electrons. The average Bonchev–Trinajstić information content (AvgIpc) is 2.78. The average molecular weight is 453 g/mol. The third-order valence-corrected chi connectivity index (χ3v) is 5.43. The molecule has 1 saturated heterocycles. The number of rotatable bonds is 5. The molecule has 2 aromatic rings. The molecule has 2 aromatic carbocycles. The van der Waals surface area contributed by atoms with Crippen molar-refractivity contribution in [3.8, 4) is 0 Å². The first-order valence-corrected chi connectivity index (χ1v) is 10.7. The quantitative estimate of drug-likeness (QED) is 0.308. The molecule has 1 aliphatic heterocycles. The molecule has 3 rings (SSSR count). The topological polar surface area (TPSA) is 105 Å². The Morgan fingerprint density at radius 2 is 1.72 bits per heavy atom. The Morgan fingerprint density at radius 1 is 1.09 bits per heavy atom. The first kappa shape index (κ1) is 23.1. The number of nitro benzene ring substituents is 1. The zero-order valence-electron chi connectivity index (χ0n) is 17.6. The van der Waals surface area contributed by atoms with Crippen LogP contribution in [0.4, 0.5) is 11.4 Å². The van der Waals surface area contributed by atoms with Crippen LogP contribution < -0.4 is 10.6 Å². The van der Waals surface area contributed by atoms with Gasteiger partial charge in [0.15, 0.2) is 5.11 Å². The lowest BCUT2D eigenvalue weighted by Crippen LogP contribution is -2.37. The van der Waals surface area contributed by atoms with Crippen molar-refractivity contribution in [2.45, 2.75) is 19.8 Å². The van der Waals surface area contributed by atoms with E-state index in [1.54, 1.807) is 36.4 Å². The molecule has 0 bridgehead atoms. The monoisotopic (exact) mass is 452 g/mol. The third-order valence-electron chi connectivity index (χ3n) is 5.23. The lowest BCUT2D eigenvalue weighted by atomic mass is 9.98. The van der Waals surface area contributed by atoms with Gasteiger partial charge in [0.05, 0.1) is 4.92 Å². The fourth-order valence-electron chi connectivity index (χ4n) is 3.29. The molecule has 1 aliphatic rings. The second-order valence-corrected chi connectivity index (χ2v) is 8.09. The van der Waals surface area contributed by atoms with Crippen LogP contribution in [0.3, 0.4) is 0 Å². The maximum Gasteiger partial charge on any atom is 0.269 e. The van der Waals surface area contributed by atoms with Crippen LogP contribution >= 0.6 is 12.2 Å². The van der Waals surface area contributed by atoms with Crippen molar-refractivity contribution >= 4 is 46.6 Å². The van der Waals surface area contributed by atoms with E-state index in [9.17, 15) is 19.7 Å². The summed E-state index contributed by atoms with van der Waals surface area (Å²) < 4.78 is 0. The molecule has 1 heterocycles. The third kappa shape index (κ3) is 6.45. The number of nitro groups is 1. The summed E-state index contributed by atoms with van der Waals surface area (Å²) in [6.07, 6.45) is 4.87. The summed E-state index contributed by atoms with van der Waals surface area (Å²) in [7, 11) is 0. The fourth-order valence-corrected chi connectivity index (χ4v) is 3.50. The van der Waals surface area contributed by atoms with Crippen LogP contribution in [0, 0.1) is 16.0 Å². The number of carbonyl (C=O) groups is 2. The molecule has 0 radical (unpaired) electrons. The second-order valence-electron chi connectivity index (χ2n) is 7.68. The minimum Gasteiger partial charge on any atom is -0.339 e. The van der Waals surface area contributed by atoms with Crippen LogP contribution in [0.2, 0.25) is 0 Å². The van der Waals surface area contributed by atoms with E-state index < -0.39 is 10.8 Å². The van der Waals surface area contributed by atoms with Crippen LogP contribution in [-0.2, 0) is 4.79 Å². The molecular formula is C23H24N4O4S. The van der Waals surface area contributed by atoms with Gasteiger partial charge in [0.25, 0.3) is 11.6 Å². The van der Waals surface area contributed by atoms with Gasteiger partial charge in [-0.15, -0.1) is 0 Å². The molecule has 8 nitrogen and oxygen atoms in total. The predicted molar refractivity (Wildman–Crippen MR) is 127 cm³/mol. The molecule has 0 unspecified atom stereocenters. The van der Waals surface area contributed by atoms with Crippen molar-refractivity contribution in [1.29, 1.82) is 0 Å². The number of non-ortho nitro benzene ring substituents is 1. The summed E-state index contributed by atoms with van der Waals surface area (Å²) in [6, 6.07) is 12.8. The zero-order valence-corrected chi connectivity index (χ0v) is 18.4. The molecule has 0 aromatic heterocycles. The van der Waals surface area contributed by atoms with Gasteiger partial charge < -0.3 is 10.2 Å². The van der Waals surface area contributed by atoms with Gasteiger partial charge in [-0.2, -0.15) is 0 Å². The SMILES string of the molecule is CC1CCN(C(=O)c2ccc(NC(=S)NC(=O)/C=C/c3ccc([N+](=O)[O-])cc3)cc2)CC1. The Hall–Kier alpha value is -3.59. The Morgan fingerprint density at radius 3 is 2.31 bits per heavy atom. The van der Waals surface area contributed by atoms with E-state index in [-0.39, 0.29) is 16.7 Å². The number of likely N-dealkylation sites (tertiary alicyclic amines) is 1. The van der Waals surface area contributed by atoms with E-state index >= 15 is 0 Å². The molecule has 9 heteroatoms. The number of anilines is 1. The number of amides is 2. The van der Waals surface area contributed by atoms with E-state index in [4.69, 9.17) is 12.2 Å². The zero-order chi connectivity index (χ0) is 23.1. The van der Waals surface area contributed by atoms with Crippen molar-refractivity contribution in [3.05, 3.63) is 75.8 Å². The lowest BCUT2D eigenvalue weighted by Gasteiger charge is -2.30. The number of hydrogen-bond acceptors (Lipinski definition) is 5. The first-order chi connectivity index (χ1) is 15.3. The number of thiocarbonyl (C=S) groups is 1. The Bertz CT molecular complexity index is 1030. The number of piperidine rings is 1. The summed E-state index contributed by atoms with van der Waals surface area (Å²) in [5.41, 5.74) is 1.90. The van der Waals surface area contributed by atoms with Gasteiger partial charge >= 0.3 is 0 Å². The van der Waals surface area contributed by atoms with Crippen molar-refractivity contribution < 1.29 is 14.5 Å². The maximum atomic E-state index is 12.6. The standard InChI is InChI=1S/C23H24N4O4S/c1-16-12-14-26(15-13-16)22(29)18-5-7-19(8-6-18)24-23(32)25-21(28)11-4-17-2-9-20(10-3-17)27(30)31/h2-11,16H,12-15H2,1H3,(H2,24,25,28,32)/b11-4+. The Balaban J connectivity index is 1.49. The molecule has 0 saturated carbocycles. The van der Waals surface area contributed by atoms with Crippen LogP contribution in [0.5, 0.6) is 0 Å². The first-order valence-electron chi connectivity index (χ1n) is 10.3. The summed E-state index contributed by atoms with van der Waals surface area (Å²) in [5, 5.41) is 16.2. The highest BCUT2D eigenvalue weighted by molar-refractivity contribution is 7.80. The van der Waals surface area contributed by atoms with Gasteiger partial charge in [0.2, 0.25) is 5.91 Å². The maximum absolute atomic E-state index is 12.6. The largest absolute Gasteiger partial charge is 0.339 e. The summed E-state index contributed by atoms with van der Waals surface area (Å²) in [4.78, 5) is 36.7. The Labute approximate surface area is 191 Å². The Kier molecular flexibility index (Phi) is 7.67. The number of carbonyl (C=O) groups excluding carboxylic acids is 2. The number of benzene rings is 2. The highest BCUT2D eigenvalue weighted by atomic mass is 32.1. The van der Waals surface area contributed by atoms with Crippen molar-refractivity contribution in [1.82, 2.24) is 10.2 Å². The number of hydrogen-bond donors (Lipinski definition) is 2.